The van der Waals surface area contributed by atoms with E-state index in [0.717, 1.165) is 34.7 Å². The van der Waals surface area contributed by atoms with Gasteiger partial charge in [0.25, 0.3) is 0 Å². The van der Waals surface area contributed by atoms with E-state index in [1.54, 1.807) is 0 Å². The standard InChI is InChI=1S/C29H36N3O4P/c1-2-3-5-13-23(22-11-6-4-7-12-22)20-28-31-32-29(36-28)27-17-16-24(25-14-8-9-15-26(25)27)21-30-18-10-19-37(33,34)35/h4,6-9,11-12,14-17,23,30H,2-3,5,10,13,18-21H2,1H3,(H2,33,34,35). The van der Waals surface area contributed by atoms with Crippen LogP contribution in [0.3, 0.4) is 0 Å². The van der Waals surface area contributed by atoms with Crippen LogP contribution in [0.5, 0.6) is 0 Å². The molecule has 0 aliphatic heterocycles. The summed E-state index contributed by atoms with van der Waals surface area (Å²) in [5.41, 5.74) is 3.32. The first-order valence-electron chi connectivity index (χ1n) is 13.1. The molecule has 0 aliphatic carbocycles. The lowest BCUT2D eigenvalue weighted by atomic mass is 9.90. The van der Waals surface area contributed by atoms with E-state index in [2.05, 4.69) is 64.9 Å². The minimum absolute atomic E-state index is 0.108. The molecule has 1 atom stereocenters. The summed E-state index contributed by atoms with van der Waals surface area (Å²) in [7, 11) is -3.95. The molecule has 0 saturated carbocycles. The van der Waals surface area contributed by atoms with Crippen molar-refractivity contribution in [3.05, 3.63) is 83.7 Å². The first kappa shape index (κ1) is 27.2. The number of rotatable bonds is 14. The maximum Gasteiger partial charge on any atom is 0.325 e. The maximum atomic E-state index is 11.1. The number of hydrogen-bond donors (Lipinski definition) is 3. The highest BCUT2D eigenvalue weighted by Gasteiger charge is 2.18. The van der Waals surface area contributed by atoms with Crippen LogP contribution in [-0.4, -0.2) is 32.7 Å². The summed E-state index contributed by atoms with van der Waals surface area (Å²) in [5, 5.41) is 14.2. The van der Waals surface area contributed by atoms with Crippen molar-refractivity contribution in [3.63, 3.8) is 0 Å². The average molecular weight is 522 g/mol. The van der Waals surface area contributed by atoms with E-state index in [9.17, 15) is 4.57 Å². The Balaban J connectivity index is 1.50. The van der Waals surface area contributed by atoms with Crippen molar-refractivity contribution in [1.29, 1.82) is 0 Å². The maximum absolute atomic E-state index is 11.1. The summed E-state index contributed by atoms with van der Waals surface area (Å²) in [6, 6.07) is 22.8. The predicted molar refractivity (Wildman–Crippen MR) is 148 cm³/mol. The second-order valence-corrected chi connectivity index (χ2v) is 11.3. The average Bonchev–Trinajstić information content (AvgIpc) is 3.36. The molecule has 37 heavy (non-hydrogen) atoms. The van der Waals surface area contributed by atoms with E-state index >= 15 is 0 Å². The summed E-state index contributed by atoms with van der Waals surface area (Å²) in [6.45, 7) is 3.36. The Morgan fingerprint density at radius 1 is 0.919 bits per heavy atom. The highest BCUT2D eigenvalue weighted by molar-refractivity contribution is 7.51. The molecule has 0 radical (unpaired) electrons. The molecule has 0 fully saturated rings. The molecule has 196 valence electrons. The first-order valence-corrected chi connectivity index (χ1v) is 14.9. The topological polar surface area (TPSA) is 108 Å². The fourth-order valence-corrected chi connectivity index (χ4v) is 5.31. The molecule has 0 aliphatic rings. The van der Waals surface area contributed by atoms with Gasteiger partial charge in [-0.2, -0.15) is 0 Å². The number of nitrogens with one attached hydrogen (secondary N) is 1. The zero-order valence-electron chi connectivity index (χ0n) is 21.3. The third-order valence-electron chi connectivity index (χ3n) is 6.68. The van der Waals surface area contributed by atoms with Gasteiger partial charge in [0.1, 0.15) is 0 Å². The van der Waals surface area contributed by atoms with Crippen LogP contribution in [0.25, 0.3) is 22.2 Å². The van der Waals surface area contributed by atoms with Crippen molar-refractivity contribution in [2.75, 3.05) is 12.7 Å². The van der Waals surface area contributed by atoms with Gasteiger partial charge < -0.3 is 19.5 Å². The molecule has 4 aromatic rings. The van der Waals surface area contributed by atoms with Crippen LogP contribution < -0.4 is 5.32 Å². The Bertz CT molecular complexity index is 1320. The molecule has 1 aromatic heterocycles. The van der Waals surface area contributed by atoms with E-state index in [1.165, 1.54) is 24.8 Å². The van der Waals surface area contributed by atoms with E-state index < -0.39 is 7.60 Å². The van der Waals surface area contributed by atoms with Gasteiger partial charge in [-0.05, 0) is 53.3 Å². The van der Waals surface area contributed by atoms with E-state index in [4.69, 9.17) is 14.2 Å². The predicted octanol–water partition coefficient (Wildman–Crippen LogP) is 6.45. The van der Waals surface area contributed by atoms with E-state index in [-0.39, 0.29) is 6.16 Å². The Labute approximate surface area is 218 Å². The van der Waals surface area contributed by atoms with Crippen LogP contribution in [0.1, 0.15) is 62.0 Å². The molecule has 8 heteroatoms. The Morgan fingerprint density at radius 3 is 2.43 bits per heavy atom. The van der Waals surface area contributed by atoms with Gasteiger partial charge >= 0.3 is 7.60 Å². The van der Waals surface area contributed by atoms with Gasteiger partial charge in [0, 0.05) is 18.5 Å². The Kier molecular flexibility index (Phi) is 9.64. The summed E-state index contributed by atoms with van der Waals surface area (Å²) in [6.07, 6.45) is 5.71. The lowest BCUT2D eigenvalue weighted by molar-refractivity contribution is 0.371. The van der Waals surface area contributed by atoms with Crippen molar-refractivity contribution in [1.82, 2.24) is 15.5 Å². The Morgan fingerprint density at radius 2 is 1.68 bits per heavy atom. The number of hydrogen-bond acceptors (Lipinski definition) is 5. The summed E-state index contributed by atoms with van der Waals surface area (Å²) >= 11 is 0. The van der Waals surface area contributed by atoms with Crippen molar-refractivity contribution in [2.24, 2.45) is 0 Å². The largest absolute Gasteiger partial charge is 0.421 e. The zero-order chi connectivity index (χ0) is 26.1. The third kappa shape index (κ3) is 7.83. The van der Waals surface area contributed by atoms with Crippen LogP contribution in [-0.2, 0) is 17.5 Å². The van der Waals surface area contributed by atoms with Crippen LogP contribution in [0.4, 0.5) is 0 Å². The van der Waals surface area contributed by atoms with Crippen LogP contribution in [0.15, 0.2) is 71.1 Å². The first-order chi connectivity index (χ1) is 17.9. The van der Waals surface area contributed by atoms with Crippen molar-refractivity contribution >= 4 is 18.4 Å². The van der Waals surface area contributed by atoms with Gasteiger partial charge in [0.2, 0.25) is 11.8 Å². The van der Waals surface area contributed by atoms with Crippen LogP contribution in [0.2, 0.25) is 0 Å². The molecular formula is C29H36N3O4P. The third-order valence-corrected chi connectivity index (χ3v) is 7.58. The monoisotopic (exact) mass is 521 g/mol. The van der Waals surface area contributed by atoms with Crippen molar-refractivity contribution < 1.29 is 18.8 Å². The van der Waals surface area contributed by atoms with Gasteiger partial charge in [0.05, 0.1) is 6.16 Å². The molecule has 0 bridgehead atoms. The lowest BCUT2D eigenvalue weighted by Crippen LogP contribution is -2.16. The molecule has 7 nitrogen and oxygen atoms in total. The molecule has 3 aromatic carbocycles. The second-order valence-electron chi connectivity index (χ2n) is 9.54. The minimum Gasteiger partial charge on any atom is -0.421 e. The fourth-order valence-electron chi connectivity index (χ4n) is 4.74. The molecule has 0 amide bonds. The fraction of sp³-hybridized carbons (Fsp3) is 0.379. The zero-order valence-corrected chi connectivity index (χ0v) is 22.2. The molecule has 1 unspecified atom stereocenters. The second kappa shape index (κ2) is 13.1. The molecular weight excluding hydrogens is 485 g/mol. The van der Waals surface area contributed by atoms with Crippen molar-refractivity contribution in [3.8, 4) is 11.5 Å². The lowest BCUT2D eigenvalue weighted by Gasteiger charge is -2.15. The summed E-state index contributed by atoms with van der Waals surface area (Å²) in [5.74, 6) is 1.52. The van der Waals surface area contributed by atoms with Gasteiger partial charge in [-0.3, -0.25) is 4.57 Å². The molecule has 1 heterocycles. The highest BCUT2D eigenvalue weighted by Crippen LogP contribution is 2.35. The van der Waals surface area contributed by atoms with Gasteiger partial charge in [-0.25, -0.2) is 0 Å². The SMILES string of the molecule is CCCCCC(Cc1nnc(-c2ccc(CNCCCP(=O)(O)O)c3ccccc23)o1)c1ccccc1. The molecule has 0 spiro atoms. The summed E-state index contributed by atoms with van der Waals surface area (Å²) in [4.78, 5) is 18.1. The molecule has 3 N–H and O–H groups in total. The van der Waals surface area contributed by atoms with Gasteiger partial charge in [-0.15, -0.1) is 10.2 Å². The summed E-state index contributed by atoms with van der Waals surface area (Å²) < 4.78 is 17.3. The minimum atomic E-state index is -3.95. The highest BCUT2D eigenvalue weighted by atomic mass is 31.2. The number of benzene rings is 3. The van der Waals surface area contributed by atoms with E-state index in [1.807, 2.05) is 24.3 Å². The van der Waals surface area contributed by atoms with E-state index in [0.29, 0.717) is 37.2 Å². The van der Waals surface area contributed by atoms with Gasteiger partial charge in [0.15, 0.2) is 0 Å². The van der Waals surface area contributed by atoms with Crippen molar-refractivity contribution in [2.45, 2.75) is 57.9 Å². The normalized spacial score (nSPS) is 12.7. The Hall–Kier alpha value is -2.83. The molecule has 0 saturated heterocycles. The number of unbranched alkanes of at least 4 members (excludes halogenated alkanes) is 2. The van der Waals surface area contributed by atoms with Gasteiger partial charge in [-0.1, -0.05) is 86.8 Å². The molecule has 4 rings (SSSR count). The number of fused-ring (bicyclic) bond motifs is 1. The number of nitrogens with zero attached hydrogens (tertiary/aromatic N) is 2. The quantitative estimate of drug-likeness (QED) is 0.129. The smallest absolute Gasteiger partial charge is 0.325 e. The number of aromatic nitrogens is 2. The van der Waals surface area contributed by atoms with Crippen LogP contribution in [0, 0.1) is 0 Å². The van der Waals surface area contributed by atoms with Crippen LogP contribution >= 0.6 is 7.60 Å².